The van der Waals surface area contributed by atoms with Crippen LogP contribution < -0.4 is 4.90 Å². The predicted octanol–water partition coefficient (Wildman–Crippen LogP) is 6.65. The molecule has 0 N–H and O–H groups in total. The zero-order valence-corrected chi connectivity index (χ0v) is 23.0. The van der Waals surface area contributed by atoms with Crippen LogP contribution in [0.3, 0.4) is 0 Å². The fourth-order valence-corrected chi connectivity index (χ4v) is 6.12. The van der Waals surface area contributed by atoms with E-state index < -0.39 is 8.32 Å². The number of nitrogens with zero attached hydrogens (tertiary/aromatic N) is 3. The SMILES string of the molecule is C[C@@H]1CN(c2ccncc2CCc2ccc(F)c(Br)n2)C[C@H](C)C1O[Si](C)(C)C(C)(C)C. The Morgan fingerprint density at radius 1 is 1.12 bits per heavy atom. The van der Waals surface area contributed by atoms with Crippen molar-refractivity contribution in [2.75, 3.05) is 18.0 Å². The monoisotopic (exact) mass is 521 g/mol. The molecule has 0 aliphatic carbocycles. The average molecular weight is 523 g/mol. The van der Waals surface area contributed by atoms with E-state index in [4.69, 9.17) is 4.43 Å². The highest BCUT2D eigenvalue weighted by Crippen LogP contribution is 2.40. The second-order valence-corrected chi connectivity index (χ2v) is 16.3. The van der Waals surface area contributed by atoms with Crippen molar-refractivity contribution in [2.24, 2.45) is 11.8 Å². The topological polar surface area (TPSA) is 38.2 Å². The van der Waals surface area contributed by atoms with Gasteiger partial charge in [0.2, 0.25) is 0 Å². The zero-order valence-electron chi connectivity index (χ0n) is 20.5. The van der Waals surface area contributed by atoms with Crippen molar-refractivity contribution in [2.45, 2.75) is 71.7 Å². The lowest BCUT2D eigenvalue weighted by Crippen LogP contribution is -2.54. The van der Waals surface area contributed by atoms with Gasteiger partial charge in [-0.25, -0.2) is 9.37 Å². The molecule has 1 fully saturated rings. The van der Waals surface area contributed by atoms with E-state index in [0.29, 0.717) is 11.8 Å². The standard InChI is InChI=1S/C25H37BrFN3OSi/c1-17-15-30(16-18(2)23(17)31-32(6,7)25(3,4)5)22-12-13-28-14-19(22)8-9-20-10-11-21(27)24(26)29-20/h10-14,17-18,23H,8-9,15-16H2,1-7H3/t17-,18+,23?. The third kappa shape index (κ3) is 5.78. The molecule has 3 heterocycles. The normalized spacial score (nSPS) is 22.3. The van der Waals surface area contributed by atoms with Gasteiger partial charge in [-0.2, -0.15) is 0 Å². The molecule has 2 aromatic rings. The molecule has 0 amide bonds. The van der Waals surface area contributed by atoms with Gasteiger partial charge < -0.3 is 9.33 Å². The Morgan fingerprint density at radius 3 is 2.38 bits per heavy atom. The number of aryl methyl sites for hydroxylation is 2. The third-order valence-electron chi connectivity index (χ3n) is 7.11. The molecule has 0 radical (unpaired) electrons. The van der Waals surface area contributed by atoms with Crippen molar-refractivity contribution < 1.29 is 8.82 Å². The Balaban J connectivity index is 1.72. The minimum absolute atomic E-state index is 0.214. The van der Waals surface area contributed by atoms with Gasteiger partial charge in [0.05, 0.1) is 6.10 Å². The maximum atomic E-state index is 13.5. The van der Waals surface area contributed by atoms with Crippen LogP contribution in [-0.2, 0) is 17.3 Å². The van der Waals surface area contributed by atoms with Gasteiger partial charge in [0, 0.05) is 36.9 Å². The van der Waals surface area contributed by atoms with E-state index in [1.165, 1.54) is 17.3 Å². The lowest BCUT2D eigenvalue weighted by Gasteiger charge is -2.48. The lowest BCUT2D eigenvalue weighted by atomic mass is 9.87. The molecule has 4 nitrogen and oxygen atoms in total. The molecule has 32 heavy (non-hydrogen) atoms. The van der Waals surface area contributed by atoms with E-state index in [0.717, 1.165) is 31.6 Å². The van der Waals surface area contributed by atoms with Crippen LogP contribution in [0.2, 0.25) is 18.1 Å². The summed E-state index contributed by atoms with van der Waals surface area (Å²) in [5.41, 5.74) is 3.32. The highest BCUT2D eigenvalue weighted by molar-refractivity contribution is 9.10. The molecule has 0 aromatic carbocycles. The van der Waals surface area contributed by atoms with Crippen LogP contribution in [0.1, 0.15) is 45.9 Å². The predicted molar refractivity (Wildman–Crippen MR) is 136 cm³/mol. The van der Waals surface area contributed by atoms with Gasteiger partial charge in [-0.3, -0.25) is 4.98 Å². The van der Waals surface area contributed by atoms with E-state index in [1.54, 1.807) is 6.07 Å². The Hall–Kier alpha value is -1.31. The summed E-state index contributed by atoms with van der Waals surface area (Å²) in [6, 6.07) is 5.34. The maximum absolute atomic E-state index is 13.5. The van der Waals surface area contributed by atoms with Crippen LogP contribution in [0.4, 0.5) is 10.1 Å². The van der Waals surface area contributed by atoms with Gasteiger partial charge in [0.1, 0.15) is 4.60 Å². The smallest absolute Gasteiger partial charge is 0.192 e. The zero-order chi connectivity index (χ0) is 23.7. The number of anilines is 1. The molecule has 1 aliphatic rings. The Kier molecular flexibility index (Phi) is 7.83. The summed E-state index contributed by atoms with van der Waals surface area (Å²) in [5, 5.41) is 0.214. The van der Waals surface area contributed by atoms with Crippen molar-refractivity contribution in [3.05, 3.63) is 52.3 Å². The first-order chi connectivity index (χ1) is 14.9. The van der Waals surface area contributed by atoms with E-state index >= 15 is 0 Å². The van der Waals surface area contributed by atoms with Gasteiger partial charge in [0.25, 0.3) is 0 Å². The van der Waals surface area contributed by atoms with Crippen molar-refractivity contribution in [3.8, 4) is 0 Å². The quantitative estimate of drug-likeness (QED) is 0.315. The van der Waals surface area contributed by atoms with Gasteiger partial charge >= 0.3 is 0 Å². The summed E-state index contributed by atoms with van der Waals surface area (Å²) in [6.07, 6.45) is 5.68. The average Bonchev–Trinajstić information content (AvgIpc) is 2.71. The third-order valence-corrected chi connectivity index (χ3v) is 12.1. The fraction of sp³-hybridized carbons (Fsp3) is 0.600. The number of aromatic nitrogens is 2. The molecule has 1 unspecified atom stereocenters. The number of piperidine rings is 1. The molecule has 1 saturated heterocycles. The Labute approximate surface area is 202 Å². The molecular weight excluding hydrogens is 485 g/mol. The molecular formula is C25H37BrFN3OSi. The number of pyridine rings is 2. The van der Waals surface area contributed by atoms with Crippen molar-refractivity contribution in [1.29, 1.82) is 0 Å². The van der Waals surface area contributed by atoms with Crippen LogP contribution in [-0.4, -0.2) is 37.5 Å². The van der Waals surface area contributed by atoms with Crippen molar-refractivity contribution in [1.82, 2.24) is 9.97 Å². The first-order valence-electron chi connectivity index (χ1n) is 11.6. The Bertz CT molecular complexity index is 922. The molecule has 0 bridgehead atoms. The van der Waals surface area contributed by atoms with E-state index in [2.05, 4.69) is 84.6 Å². The van der Waals surface area contributed by atoms with Gasteiger partial charge in [-0.05, 0) is 82.5 Å². The lowest BCUT2D eigenvalue weighted by molar-refractivity contribution is 0.0627. The molecule has 2 aromatic heterocycles. The summed E-state index contributed by atoms with van der Waals surface area (Å²) in [7, 11) is -1.81. The Morgan fingerprint density at radius 2 is 1.78 bits per heavy atom. The van der Waals surface area contributed by atoms with E-state index in [1.807, 2.05) is 12.4 Å². The van der Waals surface area contributed by atoms with Gasteiger partial charge in [-0.15, -0.1) is 0 Å². The summed E-state index contributed by atoms with van der Waals surface area (Å²) < 4.78 is 20.6. The molecule has 1 aliphatic heterocycles. The second-order valence-electron chi connectivity index (χ2n) is 10.8. The van der Waals surface area contributed by atoms with Crippen LogP contribution >= 0.6 is 15.9 Å². The summed E-state index contributed by atoms with van der Waals surface area (Å²) in [4.78, 5) is 11.2. The number of hydrogen-bond acceptors (Lipinski definition) is 4. The second kappa shape index (κ2) is 9.90. The number of rotatable bonds is 6. The molecule has 0 spiro atoms. The van der Waals surface area contributed by atoms with E-state index in [-0.39, 0.29) is 21.6 Å². The summed E-state index contributed by atoms with van der Waals surface area (Å²) in [5.74, 6) is 0.564. The van der Waals surface area contributed by atoms with Crippen LogP contribution in [0.5, 0.6) is 0 Å². The summed E-state index contributed by atoms with van der Waals surface area (Å²) in [6.45, 7) is 18.2. The minimum atomic E-state index is -1.81. The number of hydrogen-bond donors (Lipinski definition) is 0. The largest absolute Gasteiger partial charge is 0.413 e. The summed E-state index contributed by atoms with van der Waals surface area (Å²) >= 11 is 3.19. The van der Waals surface area contributed by atoms with Gasteiger partial charge in [-0.1, -0.05) is 34.6 Å². The van der Waals surface area contributed by atoms with Crippen LogP contribution in [0, 0.1) is 17.7 Å². The molecule has 176 valence electrons. The molecule has 3 atom stereocenters. The first kappa shape index (κ1) is 25.3. The van der Waals surface area contributed by atoms with Crippen LogP contribution in [0.25, 0.3) is 0 Å². The van der Waals surface area contributed by atoms with Gasteiger partial charge in [0.15, 0.2) is 14.1 Å². The molecule has 0 saturated carbocycles. The minimum Gasteiger partial charge on any atom is -0.413 e. The number of halogens is 2. The maximum Gasteiger partial charge on any atom is 0.192 e. The molecule has 7 heteroatoms. The first-order valence-corrected chi connectivity index (χ1v) is 15.3. The van der Waals surface area contributed by atoms with Crippen molar-refractivity contribution >= 4 is 29.9 Å². The van der Waals surface area contributed by atoms with Crippen LogP contribution in [0.15, 0.2) is 35.2 Å². The highest BCUT2D eigenvalue weighted by Gasteiger charge is 2.43. The highest BCUT2D eigenvalue weighted by atomic mass is 79.9. The molecule has 3 rings (SSSR count). The fourth-order valence-electron chi connectivity index (χ4n) is 4.26. The van der Waals surface area contributed by atoms with E-state index in [9.17, 15) is 4.39 Å². The van der Waals surface area contributed by atoms with Crippen molar-refractivity contribution in [3.63, 3.8) is 0 Å².